The van der Waals surface area contributed by atoms with E-state index in [1.165, 1.54) is 55.3 Å². The van der Waals surface area contributed by atoms with E-state index in [0.717, 1.165) is 11.4 Å². The number of fused-ring (bicyclic) bond motifs is 6. The second-order valence-electron chi connectivity index (χ2n) is 9.20. The number of aromatic nitrogens is 1. The van der Waals surface area contributed by atoms with Gasteiger partial charge in [0.05, 0.1) is 11.4 Å². The first-order chi connectivity index (χ1) is 15.1. The molecule has 0 amide bonds. The monoisotopic (exact) mass is 395 g/mol. The summed E-state index contributed by atoms with van der Waals surface area (Å²) in [5.41, 5.74) is 12.6. The van der Waals surface area contributed by atoms with Gasteiger partial charge in [0.1, 0.15) is 0 Å². The van der Waals surface area contributed by atoms with Crippen LogP contribution in [-0.4, -0.2) is 4.98 Å². The van der Waals surface area contributed by atoms with Crippen LogP contribution in [0, 0.1) is 0 Å². The van der Waals surface area contributed by atoms with Crippen molar-refractivity contribution < 1.29 is 0 Å². The Morgan fingerprint density at radius 3 is 1.97 bits per heavy atom. The minimum Gasteiger partial charge on any atom is -0.247 e. The molecular weight excluding hydrogens is 374 g/mol. The first-order valence-electron chi connectivity index (χ1n) is 10.9. The van der Waals surface area contributed by atoms with Crippen LogP contribution in [0.2, 0.25) is 0 Å². The predicted molar refractivity (Wildman–Crippen MR) is 129 cm³/mol. The zero-order valence-electron chi connectivity index (χ0n) is 17.6. The highest BCUT2D eigenvalue weighted by molar-refractivity contribution is 6.18. The molecule has 0 unspecified atom stereocenters. The van der Waals surface area contributed by atoms with Crippen LogP contribution in [0.25, 0.3) is 55.5 Å². The van der Waals surface area contributed by atoms with Crippen LogP contribution in [0.4, 0.5) is 0 Å². The Morgan fingerprint density at radius 1 is 0.516 bits per heavy atom. The molecule has 0 radical (unpaired) electrons. The summed E-state index contributed by atoms with van der Waals surface area (Å²) in [5.74, 6) is 0. The van der Waals surface area contributed by atoms with Gasteiger partial charge < -0.3 is 0 Å². The molecule has 0 spiro atoms. The summed E-state index contributed by atoms with van der Waals surface area (Å²) in [4.78, 5) is 5.24. The van der Waals surface area contributed by atoms with Crippen molar-refractivity contribution in [1.29, 1.82) is 0 Å². The Bertz CT molecular complexity index is 1530. The molecular formula is C30H21N. The van der Waals surface area contributed by atoms with Gasteiger partial charge in [0.2, 0.25) is 0 Å². The molecule has 0 bridgehead atoms. The maximum Gasteiger partial charge on any atom is 0.0753 e. The number of hydrogen-bond acceptors (Lipinski definition) is 1. The predicted octanol–water partition coefficient (Wildman–Crippen LogP) is 7.86. The third-order valence-electron chi connectivity index (χ3n) is 7.25. The van der Waals surface area contributed by atoms with Gasteiger partial charge in [-0.1, -0.05) is 98.8 Å². The van der Waals surface area contributed by atoms with E-state index in [4.69, 9.17) is 4.98 Å². The second-order valence-corrected chi connectivity index (χ2v) is 9.20. The maximum absolute atomic E-state index is 5.24. The highest BCUT2D eigenvalue weighted by Crippen LogP contribution is 2.51. The number of hydrogen-bond donors (Lipinski definition) is 0. The molecule has 31 heavy (non-hydrogen) atoms. The van der Waals surface area contributed by atoms with E-state index in [1.807, 2.05) is 0 Å². The zero-order valence-corrected chi connectivity index (χ0v) is 17.6. The highest BCUT2D eigenvalue weighted by Gasteiger charge is 2.36. The van der Waals surface area contributed by atoms with Crippen LogP contribution in [0.15, 0.2) is 91.0 Å². The largest absolute Gasteiger partial charge is 0.247 e. The molecule has 1 nitrogen and oxygen atoms in total. The topological polar surface area (TPSA) is 12.9 Å². The standard InChI is InChI=1S/C30H21N/c1-30(2)25-13-6-5-10-24(25)29-26(30)16-17-27(31-29)20-14-15-23-19-9-4-3-8-18(19)21-11-7-12-22(20)28(21)23/h3-17H,1-2H3. The van der Waals surface area contributed by atoms with E-state index in [2.05, 4.69) is 105 Å². The highest BCUT2D eigenvalue weighted by atomic mass is 14.7. The molecule has 5 aromatic rings. The lowest BCUT2D eigenvalue weighted by atomic mass is 9.83. The fourth-order valence-electron chi connectivity index (χ4n) is 5.73. The average molecular weight is 396 g/mol. The molecule has 0 saturated heterocycles. The summed E-state index contributed by atoms with van der Waals surface area (Å²) in [6.45, 7) is 4.60. The van der Waals surface area contributed by atoms with Crippen molar-refractivity contribution in [3.8, 4) is 44.8 Å². The van der Waals surface area contributed by atoms with Crippen LogP contribution in [0.1, 0.15) is 25.0 Å². The fraction of sp³-hybridized carbons (Fsp3) is 0.100. The molecule has 2 aliphatic rings. The number of benzene rings is 4. The molecule has 4 aromatic carbocycles. The molecule has 0 N–H and O–H groups in total. The van der Waals surface area contributed by atoms with Crippen molar-refractivity contribution in [3.63, 3.8) is 0 Å². The lowest BCUT2D eigenvalue weighted by Crippen LogP contribution is -2.14. The van der Waals surface area contributed by atoms with E-state index >= 15 is 0 Å². The summed E-state index contributed by atoms with van der Waals surface area (Å²) in [5, 5.41) is 2.63. The van der Waals surface area contributed by atoms with Crippen molar-refractivity contribution >= 4 is 10.8 Å². The van der Waals surface area contributed by atoms with Gasteiger partial charge in [0, 0.05) is 16.5 Å². The van der Waals surface area contributed by atoms with Gasteiger partial charge >= 0.3 is 0 Å². The summed E-state index contributed by atoms with van der Waals surface area (Å²) >= 11 is 0. The van der Waals surface area contributed by atoms with Crippen LogP contribution in [-0.2, 0) is 5.41 Å². The van der Waals surface area contributed by atoms with E-state index < -0.39 is 0 Å². The minimum absolute atomic E-state index is 0.0128. The van der Waals surface area contributed by atoms with Crippen molar-refractivity contribution in [2.75, 3.05) is 0 Å². The van der Waals surface area contributed by atoms with E-state index in [1.54, 1.807) is 0 Å². The van der Waals surface area contributed by atoms with E-state index in [9.17, 15) is 0 Å². The lowest BCUT2D eigenvalue weighted by molar-refractivity contribution is 0.659. The summed E-state index contributed by atoms with van der Waals surface area (Å²) in [6.07, 6.45) is 0. The third kappa shape index (κ3) is 2.08. The summed E-state index contributed by atoms with van der Waals surface area (Å²) < 4.78 is 0. The molecule has 0 aliphatic heterocycles. The van der Waals surface area contributed by atoms with Crippen LogP contribution >= 0.6 is 0 Å². The smallest absolute Gasteiger partial charge is 0.0753 e. The lowest BCUT2D eigenvalue weighted by Gasteiger charge is -2.21. The van der Waals surface area contributed by atoms with E-state index in [-0.39, 0.29) is 5.41 Å². The van der Waals surface area contributed by atoms with Gasteiger partial charge in [-0.05, 0) is 50.2 Å². The molecule has 1 heterocycles. The SMILES string of the molecule is CC1(C)c2ccccc2-c2nc(-c3ccc4c5c(cccc35)-c3ccccc3-4)ccc21. The Balaban J connectivity index is 1.49. The van der Waals surface area contributed by atoms with Gasteiger partial charge in [-0.2, -0.15) is 0 Å². The Hall–Kier alpha value is -3.71. The fourth-order valence-corrected chi connectivity index (χ4v) is 5.73. The molecule has 2 aliphatic carbocycles. The Labute approximate surface area is 182 Å². The van der Waals surface area contributed by atoms with Crippen molar-refractivity contribution in [1.82, 2.24) is 4.98 Å². The van der Waals surface area contributed by atoms with Gasteiger partial charge in [-0.3, -0.25) is 0 Å². The average Bonchev–Trinajstić information content (AvgIpc) is 3.26. The number of pyridine rings is 1. The van der Waals surface area contributed by atoms with Crippen molar-refractivity contribution in [2.24, 2.45) is 0 Å². The minimum atomic E-state index is -0.0128. The zero-order chi connectivity index (χ0) is 20.7. The Kier molecular flexibility index (Phi) is 3.13. The first kappa shape index (κ1) is 17.0. The summed E-state index contributed by atoms with van der Waals surface area (Å²) in [7, 11) is 0. The molecule has 0 saturated carbocycles. The maximum atomic E-state index is 5.24. The Morgan fingerprint density at radius 2 is 1.16 bits per heavy atom. The van der Waals surface area contributed by atoms with Crippen LogP contribution < -0.4 is 0 Å². The molecule has 0 atom stereocenters. The van der Waals surface area contributed by atoms with Crippen LogP contribution in [0.5, 0.6) is 0 Å². The quantitative estimate of drug-likeness (QED) is 0.276. The van der Waals surface area contributed by atoms with Gasteiger partial charge in [-0.25, -0.2) is 4.98 Å². The van der Waals surface area contributed by atoms with Crippen molar-refractivity contribution in [3.05, 3.63) is 102 Å². The molecule has 1 aromatic heterocycles. The molecule has 7 rings (SSSR count). The number of nitrogens with zero attached hydrogens (tertiary/aromatic N) is 1. The summed E-state index contributed by atoms with van der Waals surface area (Å²) in [6, 6.07) is 33.1. The first-order valence-corrected chi connectivity index (χ1v) is 10.9. The van der Waals surface area contributed by atoms with Gasteiger partial charge in [0.15, 0.2) is 0 Å². The molecule has 1 heteroatoms. The van der Waals surface area contributed by atoms with Gasteiger partial charge in [0.25, 0.3) is 0 Å². The third-order valence-corrected chi connectivity index (χ3v) is 7.25. The second kappa shape index (κ2) is 5.70. The molecule has 146 valence electrons. The van der Waals surface area contributed by atoms with Crippen LogP contribution in [0.3, 0.4) is 0 Å². The molecule has 0 fully saturated rings. The normalized spacial score (nSPS) is 14.4. The number of rotatable bonds is 1. The van der Waals surface area contributed by atoms with Gasteiger partial charge in [-0.15, -0.1) is 0 Å². The van der Waals surface area contributed by atoms with Crippen molar-refractivity contribution in [2.45, 2.75) is 19.3 Å². The van der Waals surface area contributed by atoms with E-state index in [0.29, 0.717) is 0 Å².